The van der Waals surface area contributed by atoms with E-state index < -0.39 is 0 Å². The van der Waals surface area contributed by atoms with E-state index in [0.29, 0.717) is 0 Å². The summed E-state index contributed by atoms with van der Waals surface area (Å²) in [6.07, 6.45) is 9.02. The molecule has 0 aromatic heterocycles. The van der Waals surface area contributed by atoms with Crippen LogP contribution in [0.1, 0.15) is 38.5 Å². The molecule has 2 fully saturated rings. The van der Waals surface area contributed by atoms with Crippen molar-refractivity contribution >= 4 is 0 Å². The van der Waals surface area contributed by atoms with Gasteiger partial charge >= 0.3 is 0 Å². The van der Waals surface area contributed by atoms with Gasteiger partial charge in [0.05, 0.1) is 0 Å². The highest BCUT2D eigenvalue weighted by molar-refractivity contribution is 4.76. The van der Waals surface area contributed by atoms with Crippen molar-refractivity contribution < 1.29 is 0 Å². The van der Waals surface area contributed by atoms with Gasteiger partial charge in [-0.15, -0.1) is 0 Å². The van der Waals surface area contributed by atoms with Gasteiger partial charge in [-0.2, -0.15) is 0 Å². The van der Waals surface area contributed by atoms with Gasteiger partial charge in [0.2, 0.25) is 0 Å². The van der Waals surface area contributed by atoms with Crippen LogP contribution < -0.4 is 0 Å². The highest BCUT2D eigenvalue weighted by atomic mass is 15.1. The van der Waals surface area contributed by atoms with Crippen molar-refractivity contribution in [1.29, 1.82) is 0 Å². The molecule has 2 unspecified atom stereocenters. The first-order valence-corrected chi connectivity index (χ1v) is 5.53. The SMILES string of the molecule is CN1CCC2CCCC(CC2)C1. The third-order valence-corrected chi connectivity index (χ3v) is 3.70. The van der Waals surface area contributed by atoms with Crippen LogP contribution in [0.3, 0.4) is 0 Å². The highest BCUT2D eigenvalue weighted by Gasteiger charge is 2.22. The minimum atomic E-state index is 1.03. The molecule has 2 atom stereocenters. The summed E-state index contributed by atoms with van der Waals surface area (Å²) in [5.74, 6) is 2.10. The Labute approximate surface area is 76.1 Å². The standard InChI is InChI=1S/C11H21N/c1-12-8-7-10-3-2-4-11(9-12)6-5-10/h10-11H,2-9H2,1H3. The monoisotopic (exact) mass is 167 g/mol. The summed E-state index contributed by atoms with van der Waals surface area (Å²) < 4.78 is 0. The van der Waals surface area contributed by atoms with Crippen LogP contribution in [0.5, 0.6) is 0 Å². The fourth-order valence-electron chi connectivity index (χ4n) is 2.86. The Morgan fingerprint density at radius 1 is 0.917 bits per heavy atom. The Balaban J connectivity index is 2.00. The minimum Gasteiger partial charge on any atom is -0.306 e. The number of hydrogen-bond acceptors (Lipinski definition) is 1. The molecule has 2 bridgehead atoms. The van der Waals surface area contributed by atoms with Crippen LogP contribution in [0, 0.1) is 11.8 Å². The maximum Gasteiger partial charge on any atom is 0.000661 e. The number of rotatable bonds is 0. The lowest BCUT2D eigenvalue weighted by molar-refractivity contribution is 0.222. The molecule has 1 heteroatoms. The van der Waals surface area contributed by atoms with Crippen molar-refractivity contribution in [2.24, 2.45) is 11.8 Å². The molecule has 1 heterocycles. The lowest BCUT2D eigenvalue weighted by Gasteiger charge is -2.26. The second kappa shape index (κ2) is 3.78. The third-order valence-electron chi connectivity index (χ3n) is 3.70. The van der Waals surface area contributed by atoms with Gasteiger partial charge in [-0.3, -0.25) is 0 Å². The Morgan fingerprint density at radius 2 is 1.67 bits per heavy atom. The zero-order valence-corrected chi connectivity index (χ0v) is 8.26. The minimum absolute atomic E-state index is 1.03. The van der Waals surface area contributed by atoms with Gasteiger partial charge < -0.3 is 4.90 Å². The molecule has 70 valence electrons. The van der Waals surface area contributed by atoms with Crippen molar-refractivity contribution in [3.8, 4) is 0 Å². The fraction of sp³-hybridized carbons (Fsp3) is 1.00. The smallest absolute Gasteiger partial charge is 0.000661 e. The summed E-state index contributed by atoms with van der Waals surface area (Å²) in [7, 11) is 2.29. The van der Waals surface area contributed by atoms with E-state index in [9.17, 15) is 0 Å². The van der Waals surface area contributed by atoms with E-state index in [1.807, 2.05) is 0 Å². The van der Waals surface area contributed by atoms with Crippen molar-refractivity contribution in [2.75, 3.05) is 20.1 Å². The fourth-order valence-corrected chi connectivity index (χ4v) is 2.86. The Kier molecular flexibility index (Phi) is 2.69. The average Bonchev–Trinajstić information content (AvgIpc) is 2.20. The molecule has 1 aliphatic carbocycles. The third kappa shape index (κ3) is 2.01. The van der Waals surface area contributed by atoms with E-state index in [0.717, 1.165) is 11.8 Å². The first-order chi connectivity index (χ1) is 5.84. The Hall–Kier alpha value is -0.0400. The largest absolute Gasteiger partial charge is 0.306 e. The zero-order chi connectivity index (χ0) is 8.39. The van der Waals surface area contributed by atoms with Crippen LogP contribution in [-0.2, 0) is 0 Å². The molecule has 0 radical (unpaired) electrons. The normalized spacial score (nSPS) is 38.8. The number of hydrogen-bond donors (Lipinski definition) is 0. The summed E-state index contributed by atoms with van der Waals surface area (Å²) in [5.41, 5.74) is 0. The van der Waals surface area contributed by atoms with E-state index in [-0.39, 0.29) is 0 Å². The van der Waals surface area contributed by atoms with E-state index in [2.05, 4.69) is 11.9 Å². The quantitative estimate of drug-likeness (QED) is 0.536. The molecule has 1 nitrogen and oxygen atoms in total. The van der Waals surface area contributed by atoms with Crippen molar-refractivity contribution in [1.82, 2.24) is 4.90 Å². The molecule has 0 aromatic carbocycles. The summed E-state index contributed by atoms with van der Waals surface area (Å²) in [6.45, 7) is 2.72. The first kappa shape index (κ1) is 8.55. The molecule has 2 rings (SSSR count). The van der Waals surface area contributed by atoms with Gasteiger partial charge in [0.15, 0.2) is 0 Å². The molecule has 0 N–H and O–H groups in total. The van der Waals surface area contributed by atoms with Gasteiger partial charge in [0.25, 0.3) is 0 Å². The Bertz CT molecular complexity index is 144. The lowest BCUT2D eigenvalue weighted by atomic mass is 9.93. The number of fused-ring (bicyclic) bond motifs is 3. The summed E-state index contributed by atoms with van der Waals surface area (Å²) in [6, 6.07) is 0. The maximum absolute atomic E-state index is 2.54. The van der Waals surface area contributed by atoms with Crippen LogP contribution in [0.15, 0.2) is 0 Å². The molecule has 0 amide bonds. The number of nitrogens with zero attached hydrogens (tertiary/aromatic N) is 1. The second-order valence-electron chi connectivity index (χ2n) is 4.79. The molecule has 0 aromatic rings. The molecule has 12 heavy (non-hydrogen) atoms. The molecule has 0 spiro atoms. The highest BCUT2D eigenvalue weighted by Crippen LogP contribution is 2.31. The van der Waals surface area contributed by atoms with E-state index in [4.69, 9.17) is 0 Å². The maximum atomic E-state index is 2.54. The molecule has 1 saturated heterocycles. The molecular weight excluding hydrogens is 146 g/mol. The van der Waals surface area contributed by atoms with Crippen LogP contribution in [0.25, 0.3) is 0 Å². The predicted molar refractivity (Wildman–Crippen MR) is 52.2 cm³/mol. The van der Waals surface area contributed by atoms with Gasteiger partial charge in [-0.1, -0.05) is 19.3 Å². The van der Waals surface area contributed by atoms with Gasteiger partial charge in [0.1, 0.15) is 0 Å². The Morgan fingerprint density at radius 3 is 2.58 bits per heavy atom. The van der Waals surface area contributed by atoms with Crippen LogP contribution in [-0.4, -0.2) is 25.0 Å². The molecule has 1 aliphatic heterocycles. The average molecular weight is 167 g/mol. The number of likely N-dealkylation sites (tertiary alicyclic amines) is 1. The second-order valence-corrected chi connectivity index (χ2v) is 4.79. The molecule has 1 saturated carbocycles. The van der Waals surface area contributed by atoms with Crippen LogP contribution in [0.4, 0.5) is 0 Å². The van der Waals surface area contributed by atoms with Crippen molar-refractivity contribution in [3.63, 3.8) is 0 Å². The van der Waals surface area contributed by atoms with E-state index in [1.165, 1.54) is 51.6 Å². The van der Waals surface area contributed by atoms with Gasteiger partial charge in [-0.05, 0) is 44.7 Å². The van der Waals surface area contributed by atoms with Crippen molar-refractivity contribution in [2.45, 2.75) is 38.5 Å². The van der Waals surface area contributed by atoms with Gasteiger partial charge in [0, 0.05) is 6.54 Å². The summed E-state index contributed by atoms with van der Waals surface area (Å²) in [4.78, 5) is 2.54. The summed E-state index contributed by atoms with van der Waals surface area (Å²) in [5, 5.41) is 0. The predicted octanol–water partition coefficient (Wildman–Crippen LogP) is 2.52. The van der Waals surface area contributed by atoms with E-state index in [1.54, 1.807) is 0 Å². The van der Waals surface area contributed by atoms with Crippen LogP contribution >= 0.6 is 0 Å². The topological polar surface area (TPSA) is 3.24 Å². The van der Waals surface area contributed by atoms with E-state index >= 15 is 0 Å². The first-order valence-electron chi connectivity index (χ1n) is 5.53. The van der Waals surface area contributed by atoms with Crippen LogP contribution in [0.2, 0.25) is 0 Å². The summed E-state index contributed by atoms with van der Waals surface area (Å²) >= 11 is 0. The molecular formula is C11H21N. The van der Waals surface area contributed by atoms with Gasteiger partial charge in [-0.25, -0.2) is 0 Å². The van der Waals surface area contributed by atoms with Crippen molar-refractivity contribution in [3.05, 3.63) is 0 Å². The lowest BCUT2D eigenvalue weighted by Crippen LogP contribution is -2.29. The molecule has 2 aliphatic rings. The zero-order valence-electron chi connectivity index (χ0n) is 8.26.